The van der Waals surface area contributed by atoms with Gasteiger partial charge in [-0.15, -0.1) is 0 Å². The van der Waals surface area contributed by atoms with E-state index < -0.39 is 0 Å². The maximum atomic E-state index is 12.8. The predicted molar refractivity (Wildman–Crippen MR) is 140 cm³/mol. The van der Waals surface area contributed by atoms with Gasteiger partial charge in [0.1, 0.15) is 0 Å². The normalized spacial score (nSPS) is 21.8. The minimum atomic E-state index is -0.110. The van der Waals surface area contributed by atoms with Gasteiger partial charge in [-0.05, 0) is 73.9 Å². The van der Waals surface area contributed by atoms with Crippen molar-refractivity contribution in [2.45, 2.75) is 50.9 Å². The maximum absolute atomic E-state index is 12.8. The summed E-state index contributed by atoms with van der Waals surface area (Å²) >= 11 is 5.78. The molecule has 2 aliphatic heterocycles. The molecule has 35 heavy (non-hydrogen) atoms. The van der Waals surface area contributed by atoms with Gasteiger partial charge in [-0.3, -0.25) is 9.78 Å². The van der Waals surface area contributed by atoms with E-state index in [2.05, 4.69) is 43.4 Å². The van der Waals surface area contributed by atoms with E-state index in [9.17, 15) is 4.79 Å². The highest BCUT2D eigenvalue weighted by Gasteiger charge is 2.41. The highest BCUT2D eigenvalue weighted by Crippen LogP contribution is 2.39. The minimum absolute atomic E-state index is 0.0341. The van der Waals surface area contributed by atoms with E-state index in [4.69, 9.17) is 17.0 Å². The largest absolute Gasteiger partial charge is 0.376 e. The van der Waals surface area contributed by atoms with Crippen LogP contribution in [0.25, 0.3) is 0 Å². The minimum Gasteiger partial charge on any atom is -0.376 e. The van der Waals surface area contributed by atoms with Crippen LogP contribution in [0.15, 0.2) is 67.0 Å². The van der Waals surface area contributed by atoms with Crippen molar-refractivity contribution in [1.82, 2.24) is 19.8 Å². The Morgan fingerprint density at radius 1 is 1.23 bits per heavy atom. The molecule has 2 saturated heterocycles. The molecule has 0 spiro atoms. The van der Waals surface area contributed by atoms with Crippen LogP contribution in [0.5, 0.6) is 0 Å². The third-order valence-electron chi connectivity index (χ3n) is 6.67. The van der Waals surface area contributed by atoms with Gasteiger partial charge in [0, 0.05) is 49.9 Å². The first-order chi connectivity index (χ1) is 17.1. The molecule has 2 aliphatic rings. The van der Waals surface area contributed by atoms with Gasteiger partial charge < -0.3 is 24.8 Å². The van der Waals surface area contributed by atoms with Crippen molar-refractivity contribution in [3.8, 4) is 0 Å². The van der Waals surface area contributed by atoms with Crippen LogP contribution in [-0.2, 0) is 16.1 Å². The molecule has 0 radical (unpaired) electrons. The number of carbonyl (C=O) groups excluding carboxylic acids is 1. The van der Waals surface area contributed by atoms with Crippen LogP contribution in [0, 0.1) is 6.92 Å². The van der Waals surface area contributed by atoms with Crippen LogP contribution in [-0.4, -0.2) is 44.7 Å². The van der Waals surface area contributed by atoms with E-state index in [1.54, 1.807) is 6.20 Å². The van der Waals surface area contributed by atoms with Gasteiger partial charge in [0.25, 0.3) is 0 Å². The van der Waals surface area contributed by atoms with Crippen molar-refractivity contribution in [2.24, 2.45) is 0 Å². The zero-order chi connectivity index (χ0) is 24.2. The number of amides is 1. The monoisotopic (exact) mass is 489 g/mol. The summed E-state index contributed by atoms with van der Waals surface area (Å²) in [6.45, 7) is 4.15. The van der Waals surface area contributed by atoms with Crippen LogP contribution in [0.3, 0.4) is 0 Å². The van der Waals surface area contributed by atoms with Gasteiger partial charge >= 0.3 is 0 Å². The third-order valence-corrected chi connectivity index (χ3v) is 7.02. The molecule has 7 nitrogen and oxygen atoms in total. The molecule has 0 saturated carbocycles. The average molecular weight is 490 g/mol. The van der Waals surface area contributed by atoms with Gasteiger partial charge in [0.05, 0.1) is 23.9 Å². The highest BCUT2D eigenvalue weighted by atomic mass is 32.1. The Bertz CT molecular complexity index is 1180. The smallest absolute Gasteiger partial charge is 0.226 e. The Morgan fingerprint density at radius 3 is 2.91 bits per heavy atom. The van der Waals surface area contributed by atoms with Crippen molar-refractivity contribution in [2.75, 3.05) is 18.5 Å². The summed E-state index contributed by atoms with van der Waals surface area (Å²) in [5, 5.41) is 7.13. The van der Waals surface area contributed by atoms with Crippen LogP contribution in [0.4, 0.5) is 5.69 Å². The molecule has 0 aliphatic carbocycles. The fraction of sp³-hybridized carbons (Fsp3) is 0.370. The Balaban J connectivity index is 1.37. The number of hydrogen-bond donors (Lipinski definition) is 2. The molecule has 2 fully saturated rings. The lowest BCUT2D eigenvalue weighted by atomic mass is 10.0. The summed E-state index contributed by atoms with van der Waals surface area (Å²) in [4.78, 5) is 19.5. The van der Waals surface area contributed by atoms with Gasteiger partial charge in [-0.25, -0.2) is 0 Å². The van der Waals surface area contributed by atoms with Crippen LogP contribution >= 0.6 is 12.2 Å². The number of hydrogen-bond acceptors (Lipinski definition) is 4. The number of pyridine rings is 1. The third kappa shape index (κ3) is 5.39. The number of nitrogens with zero attached hydrogens (tertiary/aromatic N) is 3. The van der Waals surface area contributed by atoms with Crippen molar-refractivity contribution < 1.29 is 9.53 Å². The van der Waals surface area contributed by atoms with Crippen molar-refractivity contribution in [1.29, 1.82) is 0 Å². The molecule has 0 bridgehead atoms. The predicted octanol–water partition coefficient (Wildman–Crippen LogP) is 4.37. The second-order valence-corrected chi connectivity index (χ2v) is 9.59. The lowest BCUT2D eigenvalue weighted by molar-refractivity contribution is -0.116. The van der Waals surface area contributed by atoms with E-state index >= 15 is 0 Å². The first kappa shape index (κ1) is 23.5. The van der Waals surface area contributed by atoms with E-state index in [1.807, 2.05) is 49.4 Å². The molecule has 1 amide bonds. The molecule has 2 N–H and O–H groups in total. The maximum Gasteiger partial charge on any atom is 0.226 e. The van der Waals surface area contributed by atoms with Crippen LogP contribution in [0.2, 0.25) is 0 Å². The number of anilines is 1. The van der Waals surface area contributed by atoms with E-state index in [0.29, 0.717) is 18.1 Å². The number of carbonyl (C=O) groups is 1. The number of aromatic nitrogens is 2. The zero-order valence-corrected chi connectivity index (χ0v) is 20.7. The van der Waals surface area contributed by atoms with Crippen LogP contribution in [0.1, 0.15) is 48.3 Å². The van der Waals surface area contributed by atoms with Crippen molar-refractivity contribution >= 4 is 28.9 Å². The number of rotatable bonds is 8. The highest BCUT2D eigenvalue weighted by molar-refractivity contribution is 7.80. The lowest BCUT2D eigenvalue weighted by Crippen LogP contribution is -2.33. The molecular weight excluding hydrogens is 458 g/mol. The second kappa shape index (κ2) is 10.6. The van der Waals surface area contributed by atoms with Crippen LogP contribution < -0.4 is 10.6 Å². The number of nitrogens with one attached hydrogen (secondary N) is 2. The average Bonchev–Trinajstić information content (AvgIpc) is 3.59. The van der Waals surface area contributed by atoms with Gasteiger partial charge in [0.15, 0.2) is 5.11 Å². The number of aryl methyl sites for hydroxylation is 1. The van der Waals surface area contributed by atoms with Gasteiger partial charge in [-0.2, -0.15) is 0 Å². The fourth-order valence-corrected chi connectivity index (χ4v) is 5.34. The molecule has 5 rings (SSSR count). The zero-order valence-electron chi connectivity index (χ0n) is 19.9. The molecule has 182 valence electrons. The fourth-order valence-electron chi connectivity index (χ4n) is 5.01. The van der Waals surface area contributed by atoms with Crippen molar-refractivity contribution in [3.63, 3.8) is 0 Å². The Hall–Kier alpha value is -3.23. The number of ether oxygens (including phenoxy) is 1. The summed E-state index contributed by atoms with van der Waals surface area (Å²) in [6, 6.07) is 17.8. The topological polar surface area (TPSA) is 71.4 Å². The van der Waals surface area contributed by atoms with Gasteiger partial charge in [-0.1, -0.05) is 18.2 Å². The number of thiocarbonyl (C=S) groups is 1. The quantitative estimate of drug-likeness (QED) is 0.458. The summed E-state index contributed by atoms with van der Waals surface area (Å²) in [5.41, 5.74) is 3.99. The molecule has 0 unspecified atom stereocenters. The Labute approximate surface area is 211 Å². The molecule has 3 aromatic rings. The molecule has 8 heteroatoms. The number of benzene rings is 1. The second-order valence-electron chi connectivity index (χ2n) is 9.21. The Kier molecular flexibility index (Phi) is 7.11. The lowest BCUT2D eigenvalue weighted by Gasteiger charge is -2.29. The summed E-state index contributed by atoms with van der Waals surface area (Å²) < 4.78 is 8.18. The first-order valence-corrected chi connectivity index (χ1v) is 12.6. The summed E-state index contributed by atoms with van der Waals surface area (Å²) in [6.07, 6.45) is 6.65. The Morgan fingerprint density at radius 2 is 2.14 bits per heavy atom. The molecular formula is C27H31N5O2S. The van der Waals surface area contributed by atoms with Crippen molar-refractivity contribution in [3.05, 3.63) is 83.9 Å². The van der Waals surface area contributed by atoms with Gasteiger partial charge in [0.2, 0.25) is 5.91 Å². The van der Waals surface area contributed by atoms with E-state index in [-0.39, 0.29) is 24.1 Å². The standard InChI is InChI=1S/C27H31N5O2S/c1-19-7-4-8-20(17-19)29-24(33)12-15-32-26(25(30-27(32)35)22-10-2-3-13-28-22)23-11-5-14-31(23)18-21-9-6-16-34-21/h2-5,7-8,10-11,13-14,17,21,25-26H,6,9,12,15-16,18H2,1H3,(H,29,33)(H,30,35)/t21-,25-,26+/m1/s1. The molecule has 4 heterocycles. The summed E-state index contributed by atoms with van der Waals surface area (Å²) in [7, 11) is 0. The molecule has 1 aromatic carbocycles. The summed E-state index contributed by atoms with van der Waals surface area (Å²) in [5.74, 6) is -0.0341. The molecule has 3 atom stereocenters. The molecule has 2 aromatic heterocycles. The van der Waals surface area contributed by atoms with E-state index in [1.165, 1.54) is 0 Å². The SMILES string of the molecule is Cc1cccc(NC(=O)CCN2C(=S)N[C@H](c3ccccn3)[C@@H]2c2cccn2C[C@H]2CCCO2)c1. The van der Waals surface area contributed by atoms with E-state index in [0.717, 1.165) is 48.6 Å². The first-order valence-electron chi connectivity index (χ1n) is 12.2.